The summed E-state index contributed by atoms with van der Waals surface area (Å²) in [5, 5.41) is 18.9. The van der Waals surface area contributed by atoms with E-state index in [0.29, 0.717) is 0 Å². The highest BCUT2D eigenvalue weighted by Gasteiger charge is 2.59. The van der Waals surface area contributed by atoms with E-state index in [1.165, 1.54) is 12.2 Å². The fraction of sp³-hybridized carbons (Fsp3) is 0.250. The van der Waals surface area contributed by atoms with Crippen molar-refractivity contribution in [1.29, 1.82) is 0 Å². The van der Waals surface area contributed by atoms with Crippen molar-refractivity contribution >= 4 is 11.9 Å². The quantitative estimate of drug-likeness (QED) is 0.387. The molecule has 5 nitrogen and oxygen atoms in total. The lowest BCUT2D eigenvalue weighted by molar-refractivity contribution is -0.158. The fourth-order valence-corrected chi connectivity index (χ4v) is 1.40. The minimum atomic E-state index is -2.20. The first kappa shape index (κ1) is 8.00. The van der Waals surface area contributed by atoms with Gasteiger partial charge in [-0.25, -0.2) is 4.79 Å². The molecular weight excluding hydrogens is 176 g/mol. The Morgan fingerprint density at radius 2 is 2.15 bits per heavy atom. The highest BCUT2D eigenvalue weighted by atomic mass is 16.6. The van der Waals surface area contributed by atoms with Gasteiger partial charge in [0.2, 0.25) is 5.60 Å². The second kappa shape index (κ2) is 2.20. The number of hydrogen-bond acceptors (Lipinski definition) is 5. The molecule has 2 rings (SSSR count). The predicted octanol–water partition coefficient (Wildman–Crippen LogP) is -0.571. The predicted molar refractivity (Wildman–Crippen MR) is 39.4 cm³/mol. The Bertz CT molecular complexity index is 354. The number of hydrogen-bond donors (Lipinski definition) is 2. The average Bonchev–Trinajstić information content (AvgIpc) is 2.29. The summed E-state index contributed by atoms with van der Waals surface area (Å²) in [6.07, 6.45) is 3.84. The molecule has 13 heavy (non-hydrogen) atoms. The maximum Gasteiger partial charge on any atom is 0.355 e. The molecule has 0 aromatic carbocycles. The minimum absolute atomic E-state index is 0.559. The van der Waals surface area contributed by atoms with E-state index in [1.54, 1.807) is 0 Å². The smallest absolute Gasteiger partial charge is 0.355 e. The number of aliphatic hydroxyl groups is 2. The van der Waals surface area contributed by atoms with Crippen LogP contribution in [0.4, 0.5) is 0 Å². The number of rotatable bonds is 0. The van der Waals surface area contributed by atoms with Gasteiger partial charge in [-0.2, -0.15) is 0 Å². The molecule has 1 heterocycles. The molecule has 0 bridgehead atoms. The van der Waals surface area contributed by atoms with Crippen LogP contribution in [0.2, 0.25) is 0 Å². The Balaban J connectivity index is 2.55. The van der Waals surface area contributed by atoms with Gasteiger partial charge in [0.1, 0.15) is 11.7 Å². The van der Waals surface area contributed by atoms with Crippen molar-refractivity contribution < 1.29 is 24.5 Å². The lowest BCUT2D eigenvalue weighted by Crippen LogP contribution is -2.43. The molecule has 68 valence electrons. The van der Waals surface area contributed by atoms with Crippen LogP contribution in [0.5, 0.6) is 0 Å². The molecular formula is C8H6O5. The van der Waals surface area contributed by atoms with Crippen LogP contribution in [0, 0.1) is 5.92 Å². The highest BCUT2D eigenvalue weighted by molar-refractivity contribution is 6.04. The number of aliphatic hydroxyl groups excluding tert-OH is 1. The molecule has 1 fully saturated rings. The van der Waals surface area contributed by atoms with Crippen LogP contribution in [0.1, 0.15) is 0 Å². The van der Waals surface area contributed by atoms with Gasteiger partial charge >= 0.3 is 11.9 Å². The summed E-state index contributed by atoms with van der Waals surface area (Å²) in [7, 11) is 0. The van der Waals surface area contributed by atoms with Crippen molar-refractivity contribution in [3.05, 3.63) is 24.0 Å². The molecule has 0 aromatic heterocycles. The minimum Gasteiger partial charge on any atom is -0.509 e. The van der Waals surface area contributed by atoms with Crippen molar-refractivity contribution in [2.24, 2.45) is 5.92 Å². The van der Waals surface area contributed by atoms with Crippen LogP contribution in [0.25, 0.3) is 0 Å². The Kier molecular flexibility index (Phi) is 1.35. The van der Waals surface area contributed by atoms with Crippen LogP contribution >= 0.6 is 0 Å². The van der Waals surface area contributed by atoms with Crippen LogP contribution < -0.4 is 0 Å². The maximum absolute atomic E-state index is 11.0. The first-order chi connectivity index (χ1) is 6.06. The maximum atomic E-state index is 11.0. The van der Waals surface area contributed by atoms with Crippen molar-refractivity contribution in [2.45, 2.75) is 5.60 Å². The summed E-state index contributed by atoms with van der Waals surface area (Å²) >= 11 is 0. The van der Waals surface area contributed by atoms with Crippen LogP contribution in [-0.4, -0.2) is 27.8 Å². The van der Waals surface area contributed by atoms with Crippen molar-refractivity contribution in [2.75, 3.05) is 0 Å². The number of esters is 2. The second-order valence-electron chi connectivity index (χ2n) is 2.89. The summed E-state index contributed by atoms with van der Waals surface area (Å²) < 4.78 is 4.20. The molecule has 5 heteroatoms. The van der Waals surface area contributed by atoms with Crippen molar-refractivity contribution in [1.82, 2.24) is 0 Å². The monoisotopic (exact) mass is 182 g/mol. The lowest BCUT2D eigenvalue weighted by Gasteiger charge is -2.22. The Morgan fingerprint density at radius 1 is 1.46 bits per heavy atom. The highest BCUT2D eigenvalue weighted by Crippen LogP contribution is 2.36. The molecule has 1 aliphatic heterocycles. The fourth-order valence-electron chi connectivity index (χ4n) is 1.40. The van der Waals surface area contributed by atoms with Gasteiger partial charge in [0.15, 0.2) is 0 Å². The van der Waals surface area contributed by atoms with Crippen LogP contribution in [0.3, 0.4) is 0 Å². The summed E-state index contributed by atoms with van der Waals surface area (Å²) in [5.74, 6) is -3.65. The van der Waals surface area contributed by atoms with Gasteiger partial charge in [0, 0.05) is 0 Å². The molecule has 2 atom stereocenters. The number of allylic oxidation sites excluding steroid dienone is 2. The van der Waals surface area contributed by atoms with E-state index in [4.69, 9.17) is 0 Å². The number of fused-ring (bicyclic) bond motifs is 1. The van der Waals surface area contributed by atoms with E-state index in [2.05, 4.69) is 4.74 Å². The Hall–Kier alpha value is -1.62. The Morgan fingerprint density at radius 3 is 2.77 bits per heavy atom. The third-order valence-corrected chi connectivity index (χ3v) is 2.16. The summed E-state index contributed by atoms with van der Waals surface area (Å²) in [5.41, 5.74) is -2.20. The number of cyclic esters (lactones) is 2. The third kappa shape index (κ3) is 0.790. The molecule has 0 saturated carbocycles. The van der Waals surface area contributed by atoms with Gasteiger partial charge in [-0.3, -0.25) is 4.79 Å². The molecule has 0 spiro atoms. The second-order valence-corrected chi connectivity index (χ2v) is 2.89. The summed E-state index contributed by atoms with van der Waals surface area (Å²) in [6.45, 7) is 0. The molecule has 0 aromatic rings. The summed E-state index contributed by atoms with van der Waals surface area (Å²) in [4.78, 5) is 22.0. The molecule has 2 unspecified atom stereocenters. The normalized spacial score (nSPS) is 37.0. The van der Waals surface area contributed by atoms with Gasteiger partial charge in [-0.15, -0.1) is 0 Å². The molecule has 2 aliphatic rings. The topological polar surface area (TPSA) is 83.8 Å². The first-order valence-electron chi connectivity index (χ1n) is 3.63. The van der Waals surface area contributed by atoms with E-state index in [1.807, 2.05) is 0 Å². The molecule has 0 amide bonds. The zero-order valence-corrected chi connectivity index (χ0v) is 6.43. The van der Waals surface area contributed by atoms with E-state index in [-0.39, 0.29) is 0 Å². The average molecular weight is 182 g/mol. The Labute approximate surface area is 72.9 Å². The zero-order valence-electron chi connectivity index (χ0n) is 6.43. The van der Waals surface area contributed by atoms with Crippen LogP contribution in [0.15, 0.2) is 24.0 Å². The zero-order chi connectivity index (χ0) is 9.64. The number of carbonyl (C=O) groups is 2. The number of carbonyl (C=O) groups excluding carboxylic acids is 2. The van der Waals surface area contributed by atoms with E-state index >= 15 is 0 Å². The van der Waals surface area contributed by atoms with Gasteiger partial charge < -0.3 is 14.9 Å². The molecule has 2 N–H and O–H groups in total. The third-order valence-electron chi connectivity index (χ3n) is 2.16. The van der Waals surface area contributed by atoms with Gasteiger partial charge in [0.05, 0.1) is 0 Å². The molecule has 1 aliphatic carbocycles. The SMILES string of the molecule is O=C1OC(=O)C2(O)C(O)=CC=CC12. The van der Waals surface area contributed by atoms with Gasteiger partial charge in [-0.05, 0) is 6.08 Å². The molecule has 0 radical (unpaired) electrons. The van der Waals surface area contributed by atoms with E-state index in [9.17, 15) is 19.8 Å². The first-order valence-corrected chi connectivity index (χ1v) is 3.63. The van der Waals surface area contributed by atoms with Gasteiger partial charge in [-0.1, -0.05) is 12.2 Å². The standard InChI is InChI=1S/C8H6O5/c9-5-3-1-2-4-6(10)13-7(11)8(4,5)12/h1-4,9,12H. The lowest BCUT2D eigenvalue weighted by atomic mass is 9.84. The van der Waals surface area contributed by atoms with Crippen LogP contribution in [-0.2, 0) is 14.3 Å². The van der Waals surface area contributed by atoms with Gasteiger partial charge in [0.25, 0.3) is 0 Å². The molecule has 1 saturated heterocycles. The van der Waals surface area contributed by atoms with Crippen molar-refractivity contribution in [3.63, 3.8) is 0 Å². The van der Waals surface area contributed by atoms with E-state index < -0.39 is 29.2 Å². The van der Waals surface area contributed by atoms with Crippen molar-refractivity contribution in [3.8, 4) is 0 Å². The van der Waals surface area contributed by atoms with E-state index in [0.717, 1.165) is 6.08 Å². The summed E-state index contributed by atoms with van der Waals surface area (Å²) in [6, 6.07) is 0. The number of ether oxygens (including phenoxy) is 1. The largest absolute Gasteiger partial charge is 0.509 e.